The van der Waals surface area contributed by atoms with Crippen LogP contribution in [0.5, 0.6) is 0 Å². The van der Waals surface area contributed by atoms with Crippen LogP contribution in [-0.2, 0) is 14.8 Å². The number of thiophene rings is 1. The van der Waals surface area contributed by atoms with Crippen LogP contribution in [0, 0.1) is 13.8 Å². The fourth-order valence-corrected chi connectivity index (χ4v) is 5.28. The minimum absolute atomic E-state index is 0.162. The maximum atomic E-state index is 12.4. The van der Waals surface area contributed by atoms with Crippen LogP contribution in [0.4, 0.5) is 0 Å². The Bertz CT molecular complexity index is 870. The van der Waals surface area contributed by atoms with E-state index >= 15 is 0 Å². The lowest BCUT2D eigenvalue weighted by Crippen LogP contribution is -2.30. The second-order valence-electron chi connectivity index (χ2n) is 6.18. The molecule has 0 saturated carbocycles. The van der Waals surface area contributed by atoms with Crippen LogP contribution < -0.4 is 4.72 Å². The molecule has 2 aromatic rings. The van der Waals surface area contributed by atoms with E-state index in [1.165, 1.54) is 11.3 Å². The summed E-state index contributed by atoms with van der Waals surface area (Å²) < 4.78 is 27.7. The zero-order valence-electron chi connectivity index (χ0n) is 14.3. The summed E-state index contributed by atoms with van der Waals surface area (Å²) in [6.07, 6.45) is 2.12. The number of aromatic nitrogens is 2. The summed E-state index contributed by atoms with van der Waals surface area (Å²) >= 11 is 1.21. The van der Waals surface area contributed by atoms with Gasteiger partial charge in [-0.15, -0.1) is 11.3 Å². The number of sulfonamides is 1. The highest BCUT2D eigenvalue weighted by molar-refractivity contribution is 7.91. The average Bonchev–Trinajstić information content (AvgIpc) is 3.27. The molecule has 1 fully saturated rings. The molecule has 136 valence electrons. The van der Waals surface area contributed by atoms with Crippen molar-refractivity contribution in [2.45, 2.75) is 37.3 Å². The molecule has 0 radical (unpaired) electrons. The van der Waals surface area contributed by atoms with E-state index in [0.717, 1.165) is 34.8 Å². The molecule has 3 heterocycles. The van der Waals surface area contributed by atoms with Crippen molar-refractivity contribution in [3.8, 4) is 10.6 Å². The van der Waals surface area contributed by atoms with Gasteiger partial charge in [-0.1, -0.05) is 0 Å². The Labute approximate surface area is 151 Å². The van der Waals surface area contributed by atoms with E-state index in [1.807, 2.05) is 13.8 Å². The summed E-state index contributed by atoms with van der Waals surface area (Å²) in [5.74, 6) is 0.162. The second kappa shape index (κ2) is 7.27. The zero-order chi connectivity index (χ0) is 18.0. The van der Waals surface area contributed by atoms with E-state index < -0.39 is 10.0 Å². The number of hydrogen-bond donors (Lipinski definition) is 2. The molecule has 2 aromatic heterocycles. The maximum Gasteiger partial charge on any atom is 0.250 e. The third kappa shape index (κ3) is 3.94. The van der Waals surface area contributed by atoms with E-state index in [9.17, 15) is 13.2 Å². The molecular weight excluding hydrogens is 360 g/mol. The molecule has 1 aliphatic heterocycles. The fraction of sp³-hybridized carbons (Fsp3) is 0.500. The topological polar surface area (TPSA) is 95.2 Å². The number of likely N-dealkylation sites (tertiary alicyclic amines) is 1. The van der Waals surface area contributed by atoms with Crippen molar-refractivity contribution in [2.24, 2.45) is 0 Å². The molecule has 9 heteroatoms. The number of H-pyrrole nitrogens is 1. The van der Waals surface area contributed by atoms with Crippen molar-refractivity contribution in [3.63, 3.8) is 0 Å². The van der Waals surface area contributed by atoms with E-state index in [4.69, 9.17) is 0 Å². The van der Waals surface area contributed by atoms with Gasteiger partial charge < -0.3 is 4.90 Å². The Kier molecular flexibility index (Phi) is 5.26. The van der Waals surface area contributed by atoms with Gasteiger partial charge >= 0.3 is 0 Å². The number of rotatable bonds is 7. The number of nitrogens with one attached hydrogen (secondary N) is 2. The first kappa shape index (κ1) is 18.1. The Morgan fingerprint density at radius 3 is 2.80 bits per heavy atom. The summed E-state index contributed by atoms with van der Waals surface area (Å²) in [5, 5.41) is 7.16. The van der Waals surface area contributed by atoms with Crippen LogP contribution in [0.25, 0.3) is 10.6 Å². The van der Waals surface area contributed by atoms with Gasteiger partial charge in [0.05, 0.1) is 4.88 Å². The Balaban J connectivity index is 1.59. The number of aromatic amines is 1. The number of carbonyl (C=O) groups is 1. The minimum Gasteiger partial charge on any atom is -0.343 e. The molecule has 0 unspecified atom stereocenters. The van der Waals surface area contributed by atoms with Gasteiger partial charge in [0.2, 0.25) is 15.9 Å². The molecule has 0 aromatic carbocycles. The van der Waals surface area contributed by atoms with Crippen LogP contribution >= 0.6 is 11.3 Å². The zero-order valence-corrected chi connectivity index (χ0v) is 16.0. The largest absolute Gasteiger partial charge is 0.343 e. The van der Waals surface area contributed by atoms with E-state index in [2.05, 4.69) is 14.9 Å². The van der Waals surface area contributed by atoms with Crippen molar-refractivity contribution in [3.05, 3.63) is 23.4 Å². The van der Waals surface area contributed by atoms with E-state index in [0.29, 0.717) is 25.9 Å². The summed E-state index contributed by atoms with van der Waals surface area (Å²) in [6, 6.07) is 3.39. The van der Waals surface area contributed by atoms with E-state index in [1.54, 1.807) is 17.0 Å². The van der Waals surface area contributed by atoms with Crippen molar-refractivity contribution in [1.29, 1.82) is 0 Å². The molecule has 2 N–H and O–H groups in total. The van der Waals surface area contributed by atoms with Gasteiger partial charge in [-0.25, -0.2) is 13.1 Å². The lowest BCUT2D eigenvalue weighted by Gasteiger charge is -2.15. The summed E-state index contributed by atoms with van der Waals surface area (Å²) in [7, 11) is -3.54. The summed E-state index contributed by atoms with van der Waals surface area (Å²) in [6.45, 7) is 5.59. The number of hydrogen-bond acceptors (Lipinski definition) is 5. The number of amides is 1. The third-order valence-corrected chi connectivity index (χ3v) is 7.45. The lowest BCUT2D eigenvalue weighted by molar-refractivity contribution is -0.127. The van der Waals surface area contributed by atoms with Crippen LogP contribution in [0.2, 0.25) is 0 Å². The SMILES string of the molecule is Cc1[nH]nc(-c2ccc(S(=O)(=O)NCCCN3CCCC3=O)s2)c1C. The number of carbonyl (C=O) groups excluding carboxylic acids is 1. The monoisotopic (exact) mass is 382 g/mol. The summed E-state index contributed by atoms with van der Waals surface area (Å²) in [4.78, 5) is 14.1. The molecule has 0 spiro atoms. The molecule has 1 aliphatic rings. The fourth-order valence-electron chi connectivity index (χ4n) is 2.80. The van der Waals surface area contributed by atoms with Gasteiger partial charge in [-0.2, -0.15) is 5.10 Å². The standard InChI is InChI=1S/C16H22N4O3S2/c1-11-12(2)18-19-16(11)13-6-7-15(24-13)25(22,23)17-8-4-10-20-9-3-5-14(20)21/h6-7,17H,3-5,8-10H2,1-2H3,(H,18,19). The molecule has 3 rings (SSSR count). The van der Waals surface area contributed by atoms with Crippen LogP contribution in [-0.4, -0.2) is 49.1 Å². The van der Waals surface area contributed by atoms with Crippen molar-refractivity contribution in [1.82, 2.24) is 19.8 Å². The van der Waals surface area contributed by atoms with Crippen molar-refractivity contribution < 1.29 is 13.2 Å². The highest BCUT2D eigenvalue weighted by Crippen LogP contribution is 2.32. The van der Waals surface area contributed by atoms with E-state index in [-0.39, 0.29) is 10.1 Å². The predicted molar refractivity (Wildman–Crippen MR) is 97.0 cm³/mol. The molecule has 0 atom stereocenters. The van der Waals surface area contributed by atoms with Gasteiger partial charge in [0.15, 0.2) is 0 Å². The maximum absolute atomic E-state index is 12.4. The highest BCUT2D eigenvalue weighted by atomic mass is 32.2. The number of aryl methyl sites for hydroxylation is 1. The molecule has 7 nitrogen and oxygen atoms in total. The first-order valence-electron chi connectivity index (χ1n) is 8.28. The van der Waals surface area contributed by atoms with Gasteiger partial charge in [0.1, 0.15) is 9.90 Å². The molecule has 25 heavy (non-hydrogen) atoms. The third-order valence-electron chi connectivity index (χ3n) is 4.40. The first-order valence-corrected chi connectivity index (χ1v) is 10.6. The predicted octanol–water partition coefficient (Wildman–Crippen LogP) is 2.05. The van der Waals surface area contributed by atoms with Crippen LogP contribution in [0.15, 0.2) is 16.3 Å². The Hall–Kier alpha value is -1.71. The van der Waals surface area contributed by atoms with Gasteiger partial charge in [0.25, 0.3) is 0 Å². The minimum atomic E-state index is -3.54. The Morgan fingerprint density at radius 1 is 1.36 bits per heavy atom. The second-order valence-corrected chi connectivity index (χ2v) is 9.25. The van der Waals surface area contributed by atoms with Gasteiger partial charge in [-0.05, 0) is 44.4 Å². The van der Waals surface area contributed by atoms with Crippen molar-refractivity contribution in [2.75, 3.05) is 19.6 Å². The van der Waals surface area contributed by atoms with Gasteiger partial charge in [-0.3, -0.25) is 9.89 Å². The quantitative estimate of drug-likeness (QED) is 0.717. The molecule has 0 aliphatic carbocycles. The van der Waals surface area contributed by atoms with Crippen molar-refractivity contribution >= 4 is 27.3 Å². The molecule has 0 bridgehead atoms. The van der Waals surface area contributed by atoms with Gasteiger partial charge in [0, 0.05) is 31.7 Å². The first-order chi connectivity index (χ1) is 11.9. The Morgan fingerprint density at radius 2 is 2.16 bits per heavy atom. The summed E-state index contributed by atoms with van der Waals surface area (Å²) in [5.41, 5.74) is 2.79. The molecule has 1 amide bonds. The lowest BCUT2D eigenvalue weighted by atomic mass is 10.2. The average molecular weight is 383 g/mol. The van der Waals surface area contributed by atoms with Crippen LogP contribution in [0.1, 0.15) is 30.5 Å². The molecular formula is C16H22N4O3S2. The number of nitrogens with zero attached hydrogens (tertiary/aromatic N) is 2. The normalized spacial score (nSPS) is 15.3. The highest BCUT2D eigenvalue weighted by Gasteiger charge is 2.21. The molecule has 1 saturated heterocycles. The smallest absolute Gasteiger partial charge is 0.250 e. The van der Waals surface area contributed by atoms with Crippen LogP contribution in [0.3, 0.4) is 0 Å².